The van der Waals surface area contributed by atoms with Crippen LogP contribution in [0, 0.1) is 13.8 Å². The topological polar surface area (TPSA) is 75.2 Å². The Morgan fingerprint density at radius 3 is 2.48 bits per heavy atom. The summed E-state index contributed by atoms with van der Waals surface area (Å²) in [4.78, 5) is 10.5. The molecule has 0 saturated heterocycles. The fourth-order valence-electron chi connectivity index (χ4n) is 1.90. The zero-order valence-electron chi connectivity index (χ0n) is 13.5. The molecule has 0 bridgehead atoms. The van der Waals surface area contributed by atoms with E-state index in [1.807, 2.05) is 38.9 Å². The first kappa shape index (κ1) is 17.7. The van der Waals surface area contributed by atoms with E-state index in [9.17, 15) is 8.42 Å². The Kier molecular flexibility index (Phi) is 5.23. The van der Waals surface area contributed by atoms with Gasteiger partial charge in [0.05, 0.1) is 11.4 Å². The number of nitrogens with one attached hydrogen (secondary N) is 1. The van der Waals surface area contributed by atoms with Gasteiger partial charge < -0.3 is 4.90 Å². The lowest BCUT2D eigenvalue weighted by Gasteiger charge is -2.13. The molecule has 0 aliphatic carbocycles. The van der Waals surface area contributed by atoms with Gasteiger partial charge in [0.2, 0.25) is 10.0 Å². The molecule has 8 heteroatoms. The SMILES string of the molecule is Cc1cc(N(C)C)nc(CNS(=O)(=O)c2ccc(C)c(Cl)c2)n1. The second kappa shape index (κ2) is 6.82. The van der Waals surface area contributed by atoms with Gasteiger partial charge in [-0.25, -0.2) is 23.1 Å². The van der Waals surface area contributed by atoms with Crippen LogP contribution < -0.4 is 9.62 Å². The molecule has 0 atom stereocenters. The van der Waals surface area contributed by atoms with Crippen molar-refractivity contribution in [1.82, 2.24) is 14.7 Å². The number of hydrogen-bond donors (Lipinski definition) is 1. The van der Waals surface area contributed by atoms with Gasteiger partial charge in [-0.05, 0) is 31.5 Å². The summed E-state index contributed by atoms with van der Waals surface area (Å²) in [5.41, 5.74) is 1.60. The Balaban J connectivity index is 2.20. The van der Waals surface area contributed by atoms with Gasteiger partial charge in [0.1, 0.15) is 11.6 Å². The van der Waals surface area contributed by atoms with E-state index in [0.717, 1.165) is 17.1 Å². The summed E-state index contributed by atoms with van der Waals surface area (Å²) in [6, 6.07) is 6.45. The van der Waals surface area contributed by atoms with E-state index >= 15 is 0 Å². The summed E-state index contributed by atoms with van der Waals surface area (Å²) >= 11 is 5.99. The van der Waals surface area contributed by atoms with E-state index in [2.05, 4.69) is 14.7 Å². The van der Waals surface area contributed by atoms with E-state index < -0.39 is 10.0 Å². The zero-order valence-corrected chi connectivity index (χ0v) is 15.0. The Hall–Kier alpha value is -1.70. The van der Waals surface area contributed by atoms with Crippen LogP contribution in [-0.2, 0) is 16.6 Å². The van der Waals surface area contributed by atoms with Gasteiger partial charge in [-0.1, -0.05) is 17.7 Å². The average Bonchev–Trinajstić information content (AvgIpc) is 2.47. The zero-order chi connectivity index (χ0) is 17.2. The predicted octanol–water partition coefficient (Wildman–Crippen LogP) is 2.29. The molecule has 1 aromatic carbocycles. The summed E-state index contributed by atoms with van der Waals surface area (Å²) in [7, 11) is 0.0585. The standard InChI is InChI=1S/C15H19ClN4O2S/c1-10-5-6-12(8-13(10)16)23(21,22)17-9-14-18-11(2)7-15(19-14)20(3)4/h5-8,17H,9H2,1-4H3. The number of nitrogens with zero attached hydrogens (tertiary/aromatic N) is 3. The number of hydrogen-bond acceptors (Lipinski definition) is 5. The molecular formula is C15H19ClN4O2S. The lowest BCUT2D eigenvalue weighted by Crippen LogP contribution is -2.25. The molecule has 0 saturated carbocycles. The number of rotatable bonds is 5. The van der Waals surface area contributed by atoms with Crippen LogP contribution >= 0.6 is 11.6 Å². The third-order valence-electron chi connectivity index (χ3n) is 3.22. The Labute approximate surface area is 141 Å². The van der Waals surface area contributed by atoms with Gasteiger partial charge >= 0.3 is 0 Å². The average molecular weight is 355 g/mol. The number of benzene rings is 1. The number of sulfonamides is 1. The van der Waals surface area contributed by atoms with Crippen LogP contribution in [0.15, 0.2) is 29.2 Å². The van der Waals surface area contributed by atoms with Gasteiger partial charge in [-0.3, -0.25) is 0 Å². The number of aromatic nitrogens is 2. The first-order chi connectivity index (χ1) is 10.7. The maximum absolute atomic E-state index is 12.3. The van der Waals surface area contributed by atoms with Crippen molar-refractivity contribution in [3.63, 3.8) is 0 Å². The molecule has 1 N–H and O–H groups in total. The molecule has 6 nitrogen and oxygen atoms in total. The highest BCUT2D eigenvalue weighted by atomic mass is 35.5. The minimum absolute atomic E-state index is 0.0103. The van der Waals surface area contributed by atoms with Gasteiger partial charge in [0, 0.05) is 30.9 Å². The smallest absolute Gasteiger partial charge is 0.241 e. The van der Waals surface area contributed by atoms with Gasteiger partial charge in [0.25, 0.3) is 0 Å². The highest BCUT2D eigenvalue weighted by Crippen LogP contribution is 2.20. The maximum Gasteiger partial charge on any atom is 0.241 e. The van der Waals surface area contributed by atoms with Crippen molar-refractivity contribution in [3.8, 4) is 0 Å². The molecular weight excluding hydrogens is 336 g/mol. The van der Waals surface area contributed by atoms with Crippen LogP contribution in [0.1, 0.15) is 17.1 Å². The Morgan fingerprint density at radius 2 is 1.87 bits per heavy atom. The molecule has 1 heterocycles. The molecule has 0 radical (unpaired) electrons. The van der Waals surface area contributed by atoms with Crippen LogP contribution in [-0.4, -0.2) is 32.5 Å². The summed E-state index contributed by atoms with van der Waals surface area (Å²) in [5, 5.41) is 0.412. The van der Waals surface area contributed by atoms with E-state index in [-0.39, 0.29) is 11.4 Å². The molecule has 2 aromatic rings. The third-order valence-corrected chi connectivity index (χ3v) is 5.03. The molecule has 0 spiro atoms. The van der Waals surface area contributed by atoms with Crippen LogP contribution in [0.2, 0.25) is 5.02 Å². The maximum atomic E-state index is 12.3. The van der Waals surface area contributed by atoms with E-state index in [1.54, 1.807) is 6.07 Å². The quantitative estimate of drug-likeness (QED) is 0.891. The summed E-state index contributed by atoms with van der Waals surface area (Å²) in [5.74, 6) is 1.14. The van der Waals surface area contributed by atoms with E-state index in [0.29, 0.717) is 10.8 Å². The van der Waals surface area contributed by atoms with Gasteiger partial charge in [-0.2, -0.15) is 0 Å². The lowest BCUT2D eigenvalue weighted by atomic mass is 10.2. The highest BCUT2D eigenvalue weighted by Gasteiger charge is 2.16. The monoisotopic (exact) mass is 354 g/mol. The minimum atomic E-state index is -3.67. The predicted molar refractivity (Wildman–Crippen MR) is 91.3 cm³/mol. The fourth-order valence-corrected chi connectivity index (χ4v) is 3.16. The van der Waals surface area contributed by atoms with E-state index in [1.165, 1.54) is 12.1 Å². The molecule has 0 amide bonds. The van der Waals surface area contributed by atoms with Crippen molar-refractivity contribution in [2.75, 3.05) is 19.0 Å². The van der Waals surface area contributed by atoms with Gasteiger partial charge in [-0.15, -0.1) is 0 Å². The molecule has 2 rings (SSSR count). The van der Waals surface area contributed by atoms with E-state index in [4.69, 9.17) is 11.6 Å². The number of aryl methyl sites for hydroxylation is 2. The largest absolute Gasteiger partial charge is 0.363 e. The number of halogens is 1. The first-order valence-corrected chi connectivity index (χ1v) is 8.83. The Bertz CT molecular complexity index is 822. The van der Waals surface area contributed by atoms with Crippen molar-refractivity contribution in [2.24, 2.45) is 0 Å². The molecule has 0 aliphatic rings. The van der Waals surface area contributed by atoms with Crippen LogP contribution in [0.25, 0.3) is 0 Å². The highest BCUT2D eigenvalue weighted by molar-refractivity contribution is 7.89. The molecule has 23 heavy (non-hydrogen) atoms. The van der Waals surface area contributed by atoms with Crippen molar-refractivity contribution in [1.29, 1.82) is 0 Å². The molecule has 124 valence electrons. The molecule has 0 unspecified atom stereocenters. The molecule has 1 aromatic heterocycles. The van der Waals surface area contributed by atoms with Crippen LogP contribution in [0.4, 0.5) is 5.82 Å². The normalized spacial score (nSPS) is 11.5. The summed E-state index contributed by atoms with van der Waals surface area (Å²) < 4.78 is 27.2. The first-order valence-electron chi connectivity index (χ1n) is 6.97. The molecule has 0 aliphatic heterocycles. The van der Waals surface area contributed by atoms with Crippen LogP contribution in [0.3, 0.4) is 0 Å². The van der Waals surface area contributed by atoms with Crippen molar-refractivity contribution >= 4 is 27.4 Å². The van der Waals surface area contributed by atoms with Crippen molar-refractivity contribution in [2.45, 2.75) is 25.3 Å². The number of anilines is 1. The summed E-state index contributed by atoms with van der Waals surface area (Å²) in [6.07, 6.45) is 0. The van der Waals surface area contributed by atoms with Crippen molar-refractivity contribution in [3.05, 3.63) is 46.4 Å². The third kappa shape index (κ3) is 4.40. The van der Waals surface area contributed by atoms with Crippen molar-refractivity contribution < 1.29 is 8.42 Å². The second-order valence-corrected chi connectivity index (χ2v) is 7.59. The van der Waals surface area contributed by atoms with Gasteiger partial charge in [0.15, 0.2) is 0 Å². The second-order valence-electron chi connectivity index (χ2n) is 5.41. The Morgan fingerprint density at radius 1 is 1.17 bits per heavy atom. The fraction of sp³-hybridized carbons (Fsp3) is 0.333. The van der Waals surface area contributed by atoms with Crippen LogP contribution in [0.5, 0.6) is 0 Å². The minimum Gasteiger partial charge on any atom is -0.363 e. The summed E-state index contributed by atoms with van der Waals surface area (Å²) in [6.45, 7) is 3.66. The molecule has 0 fully saturated rings. The lowest BCUT2D eigenvalue weighted by molar-refractivity contribution is 0.579.